The minimum atomic E-state index is -0.356. The Balaban J connectivity index is 1.68. The van der Waals surface area contributed by atoms with Crippen molar-refractivity contribution in [3.05, 3.63) is 107 Å². The van der Waals surface area contributed by atoms with Gasteiger partial charge in [-0.2, -0.15) is 5.10 Å². The minimum Gasteiger partial charge on any atom is -0.322 e. The molecule has 6 nitrogen and oxygen atoms in total. The van der Waals surface area contributed by atoms with E-state index in [1.54, 1.807) is 16.8 Å². The predicted octanol–water partition coefficient (Wildman–Crippen LogP) is 4.99. The lowest BCUT2D eigenvalue weighted by Crippen LogP contribution is -2.19. The number of carbonyl (C=O) groups is 2. The molecule has 2 amide bonds. The Labute approximate surface area is 180 Å². The number of hydrogen-bond acceptors (Lipinski definition) is 3. The van der Waals surface area contributed by atoms with Crippen LogP contribution >= 0.6 is 0 Å². The third-order valence-electron chi connectivity index (χ3n) is 4.87. The van der Waals surface area contributed by atoms with Gasteiger partial charge in [0.25, 0.3) is 11.8 Å². The Morgan fingerprint density at radius 3 is 2.00 bits per heavy atom. The third kappa shape index (κ3) is 4.53. The summed E-state index contributed by atoms with van der Waals surface area (Å²) in [7, 11) is 0. The molecule has 3 aromatic carbocycles. The lowest BCUT2D eigenvalue weighted by atomic mass is 10.1. The fraction of sp³-hybridized carbons (Fsp3) is 0.0800. The van der Waals surface area contributed by atoms with E-state index in [0.717, 1.165) is 16.8 Å². The van der Waals surface area contributed by atoms with Gasteiger partial charge in [-0.25, -0.2) is 4.68 Å². The van der Waals surface area contributed by atoms with Gasteiger partial charge in [-0.15, -0.1) is 0 Å². The molecule has 0 fully saturated rings. The summed E-state index contributed by atoms with van der Waals surface area (Å²) in [4.78, 5) is 25.9. The van der Waals surface area contributed by atoms with E-state index in [2.05, 4.69) is 15.7 Å². The number of aromatic nitrogens is 2. The van der Waals surface area contributed by atoms with E-state index in [9.17, 15) is 9.59 Å². The number of carbonyl (C=O) groups excluding carboxylic acids is 2. The van der Waals surface area contributed by atoms with E-state index in [-0.39, 0.29) is 17.4 Å². The van der Waals surface area contributed by atoms with Crippen LogP contribution in [-0.2, 0) is 0 Å². The Hall–Kier alpha value is -4.19. The van der Waals surface area contributed by atoms with Crippen molar-refractivity contribution < 1.29 is 9.59 Å². The molecular formula is C25H22N4O2. The van der Waals surface area contributed by atoms with Crippen LogP contribution in [0.5, 0.6) is 0 Å². The van der Waals surface area contributed by atoms with Gasteiger partial charge in [0.2, 0.25) is 0 Å². The highest BCUT2D eigenvalue weighted by Crippen LogP contribution is 2.23. The van der Waals surface area contributed by atoms with Crippen LogP contribution in [0.1, 0.15) is 31.8 Å². The fourth-order valence-electron chi connectivity index (χ4n) is 3.12. The number of nitrogens with zero attached hydrogens (tertiary/aromatic N) is 2. The molecule has 0 radical (unpaired) electrons. The van der Waals surface area contributed by atoms with E-state index in [4.69, 9.17) is 0 Å². The first-order chi connectivity index (χ1) is 15.0. The lowest BCUT2D eigenvalue weighted by Gasteiger charge is -2.12. The zero-order chi connectivity index (χ0) is 21.8. The first kappa shape index (κ1) is 20.1. The molecule has 0 saturated heterocycles. The van der Waals surface area contributed by atoms with Crippen LogP contribution < -0.4 is 10.6 Å². The molecule has 0 spiro atoms. The maximum absolute atomic E-state index is 13.0. The topological polar surface area (TPSA) is 76.0 Å². The maximum atomic E-state index is 13.0. The van der Waals surface area contributed by atoms with Crippen molar-refractivity contribution in [1.82, 2.24) is 9.78 Å². The van der Waals surface area contributed by atoms with E-state index >= 15 is 0 Å². The zero-order valence-electron chi connectivity index (χ0n) is 17.3. The molecule has 0 saturated carbocycles. The van der Waals surface area contributed by atoms with Crippen molar-refractivity contribution in [3.8, 4) is 5.69 Å². The summed E-state index contributed by atoms with van der Waals surface area (Å²) in [6, 6.07) is 24.1. The minimum absolute atomic E-state index is 0.268. The first-order valence-electron chi connectivity index (χ1n) is 9.91. The number of anilines is 2. The smallest absolute Gasteiger partial charge is 0.261 e. The standard InChI is InChI=1S/C25H22N4O2/c1-17-8-12-19(13-9-17)24(30)28-23-22(16-26-29(23)21-6-4-3-5-7-21)25(31)27-20-14-10-18(2)11-15-20/h3-16H,1-2H3,(H,27,31)(H,28,30). The molecule has 0 aliphatic rings. The molecule has 6 heteroatoms. The van der Waals surface area contributed by atoms with Gasteiger partial charge in [0.05, 0.1) is 11.9 Å². The lowest BCUT2D eigenvalue weighted by molar-refractivity contribution is 0.102. The summed E-state index contributed by atoms with van der Waals surface area (Å²) in [6.45, 7) is 3.94. The van der Waals surface area contributed by atoms with Crippen LogP contribution in [0.4, 0.5) is 11.5 Å². The van der Waals surface area contributed by atoms with Crippen molar-refractivity contribution in [2.45, 2.75) is 13.8 Å². The highest BCUT2D eigenvalue weighted by atomic mass is 16.2. The van der Waals surface area contributed by atoms with E-state index in [1.807, 2.05) is 80.6 Å². The molecule has 1 aromatic heterocycles. The first-order valence-corrected chi connectivity index (χ1v) is 9.91. The maximum Gasteiger partial charge on any atom is 0.261 e. The number of rotatable bonds is 5. The summed E-state index contributed by atoms with van der Waals surface area (Å²) >= 11 is 0. The quantitative estimate of drug-likeness (QED) is 0.486. The third-order valence-corrected chi connectivity index (χ3v) is 4.87. The van der Waals surface area contributed by atoms with E-state index in [0.29, 0.717) is 17.1 Å². The van der Waals surface area contributed by atoms with Gasteiger partial charge in [0.15, 0.2) is 0 Å². The molecule has 1 heterocycles. The summed E-state index contributed by atoms with van der Waals surface area (Å²) in [5, 5.41) is 10.1. The number of para-hydroxylation sites is 1. The van der Waals surface area contributed by atoms with Crippen molar-refractivity contribution >= 4 is 23.3 Å². The van der Waals surface area contributed by atoms with E-state index < -0.39 is 0 Å². The van der Waals surface area contributed by atoms with Crippen LogP contribution in [0.15, 0.2) is 85.1 Å². The second-order valence-corrected chi connectivity index (χ2v) is 7.29. The average Bonchev–Trinajstić information content (AvgIpc) is 3.20. The fourth-order valence-corrected chi connectivity index (χ4v) is 3.12. The van der Waals surface area contributed by atoms with Gasteiger partial charge in [0.1, 0.15) is 11.4 Å². The summed E-state index contributed by atoms with van der Waals surface area (Å²) in [5.41, 5.74) is 4.32. The number of amides is 2. The molecule has 31 heavy (non-hydrogen) atoms. The van der Waals surface area contributed by atoms with Crippen molar-refractivity contribution in [2.75, 3.05) is 10.6 Å². The highest BCUT2D eigenvalue weighted by molar-refractivity contribution is 6.12. The summed E-state index contributed by atoms with van der Waals surface area (Å²) in [5.74, 6) is -0.367. The Morgan fingerprint density at radius 1 is 0.742 bits per heavy atom. The molecule has 4 rings (SSSR count). The zero-order valence-corrected chi connectivity index (χ0v) is 17.3. The van der Waals surface area contributed by atoms with Crippen LogP contribution in [-0.4, -0.2) is 21.6 Å². The van der Waals surface area contributed by atoms with Crippen LogP contribution in [0.3, 0.4) is 0 Å². The molecule has 0 aliphatic heterocycles. The largest absolute Gasteiger partial charge is 0.322 e. The van der Waals surface area contributed by atoms with Gasteiger partial charge < -0.3 is 10.6 Å². The Bertz CT molecular complexity index is 1210. The molecular weight excluding hydrogens is 388 g/mol. The van der Waals surface area contributed by atoms with Gasteiger partial charge in [0, 0.05) is 11.3 Å². The van der Waals surface area contributed by atoms with Crippen molar-refractivity contribution in [1.29, 1.82) is 0 Å². The molecule has 0 bridgehead atoms. The van der Waals surface area contributed by atoms with Crippen molar-refractivity contribution in [2.24, 2.45) is 0 Å². The molecule has 4 aromatic rings. The van der Waals surface area contributed by atoms with Crippen LogP contribution in [0.2, 0.25) is 0 Å². The Morgan fingerprint density at radius 2 is 1.35 bits per heavy atom. The normalized spacial score (nSPS) is 10.5. The molecule has 0 aliphatic carbocycles. The van der Waals surface area contributed by atoms with Gasteiger partial charge >= 0.3 is 0 Å². The molecule has 154 valence electrons. The highest BCUT2D eigenvalue weighted by Gasteiger charge is 2.21. The molecule has 0 unspecified atom stereocenters. The van der Waals surface area contributed by atoms with Gasteiger partial charge in [-0.1, -0.05) is 53.6 Å². The SMILES string of the molecule is Cc1ccc(NC(=O)c2cnn(-c3ccccc3)c2NC(=O)c2ccc(C)cc2)cc1. The summed E-state index contributed by atoms with van der Waals surface area (Å²) in [6.07, 6.45) is 1.46. The predicted molar refractivity (Wildman–Crippen MR) is 122 cm³/mol. The van der Waals surface area contributed by atoms with Gasteiger partial charge in [-0.3, -0.25) is 9.59 Å². The second-order valence-electron chi connectivity index (χ2n) is 7.29. The van der Waals surface area contributed by atoms with E-state index in [1.165, 1.54) is 6.20 Å². The molecule has 0 atom stereocenters. The van der Waals surface area contributed by atoms with Crippen LogP contribution in [0, 0.1) is 13.8 Å². The number of nitrogens with one attached hydrogen (secondary N) is 2. The molecule has 2 N–H and O–H groups in total. The average molecular weight is 410 g/mol. The van der Waals surface area contributed by atoms with Crippen molar-refractivity contribution in [3.63, 3.8) is 0 Å². The number of hydrogen-bond donors (Lipinski definition) is 2. The summed E-state index contributed by atoms with van der Waals surface area (Å²) < 4.78 is 1.55. The van der Waals surface area contributed by atoms with Crippen LogP contribution in [0.25, 0.3) is 5.69 Å². The van der Waals surface area contributed by atoms with Gasteiger partial charge in [-0.05, 0) is 50.2 Å². The second kappa shape index (κ2) is 8.67. The number of aryl methyl sites for hydroxylation is 2. The Kier molecular flexibility index (Phi) is 5.62. The number of benzene rings is 3. The monoisotopic (exact) mass is 410 g/mol.